The molecule has 2 unspecified atom stereocenters. The van der Waals surface area contributed by atoms with E-state index in [-0.39, 0.29) is 43.0 Å². The molecule has 198 valence electrons. The predicted octanol–water partition coefficient (Wildman–Crippen LogP) is 0.148. The number of aliphatic hydroxyl groups is 1. The van der Waals surface area contributed by atoms with Crippen LogP contribution in [0.1, 0.15) is 24.4 Å². The van der Waals surface area contributed by atoms with Crippen LogP contribution in [0, 0.1) is 12.8 Å². The van der Waals surface area contributed by atoms with E-state index in [1.807, 2.05) is 0 Å². The molecule has 0 amide bonds. The number of aromatic amines is 1. The molecule has 0 aliphatic heterocycles. The highest BCUT2D eigenvalue weighted by Crippen LogP contribution is 2.66. The maximum absolute atomic E-state index is 11.9. The van der Waals surface area contributed by atoms with Crippen molar-refractivity contribution in [1.82, 2.24) is 34.2 Å². The van der Waals surface area contributed by atoms with E-state index < -0.39 is 59.4 Å². The molecular weight excluding hydrogens is 517 g/mol. The van der Waals surface area contributed by atoms with Gasteiger partial charge in [0.2, 0.25) is 0 Å². The molecule has 0 saturated heterocycles. The van der Waals surface area contributed by atoms with Gasteiger partial charge in [0.15, 0.2) is 0 Å². The average Bonchev–Trinajstić information content (AvgIpc) is 2.86. The molecule has 1 fully saturated rings. The molecule has 1 saturated carbocycles. The third-order valence-electron chi connectivity index (χ3n) is 4.04. The zero-order valence-corrected chi connectivity index (χ0v) is 20.2. The lowest BCUT2D eigenvalue weighted by atomic mass is 10.1. The molecule has 22 heteroatoms. The molecule has 2 rings (SSSR count). The van der Waals surface area contributed by atoms with Crippen molar-refractivity contribution in [3.05, 3.63) is 32.6 Å². The Morgan fingerprint density at radius 3 is 2.06 bits per heavy atom. The molecular formula is C11H31N6O13P3. The minimum absolute atomic E-state index is 0. The zero-order chi connectivity index (χ0) is 22.2. The summed E-state index contributed by atoms with van der Waals surface area (Å²) in [6.07, 6.45) is 0.355. The monoisotopic (exact) mass is 548 g/mol. The molecule has 1 heterocycles. The number of hydrogen-bond donors (Lipinski definition) is 10. The van der Waals surface area contributed by atoms with Gasteiger partial charge in [-0.15, -0.1) is 0 Å². The molecule has 1 aliphatic carbocycles. The Morgan fingerprint density at radius 1 is 1.00 bits per heavy atom. The molecule has 19 nitrogen and oxygen atoms in total. The average molecular weight is 548 g/mol. The fourth-order valence-corrected chi connectivity index (χ4v) is 5.91. The minimum atomic E-state index is -5.63. The second-order valence-electron chi connectivity index (χ2n) is 6.32. The van der Waals surface area contributed by atoms with Crippen LogP contribution in [-0.4, -0.2) is 46.9 Å². The van der Waals surface area contributed by atoms with Crippen molar-refractivity contribution in [2.24, 2.45) is 5.92 Å². The van der Waals surface area contributed by atoms with E-state index in [4.69, 9.17) is 14.7 Å². The van der Waals surface area contributed by atoms with Crippen LogP contribution in [0.4, 0.5) is 0 Å². The molecule has 0 spiro atoms. The molecule has 1 aliphatic rings. The summed E-state index contributed by atoms with van der Waals surface area (Å²) in [5.41, 5.74) is -1.00. The number of rotatable bonds is 8. The van der Waals surface area contributed by atoms with Gasteiger partial charge in [-0.2, -0.15) is 8.62 Å². The standard InChI is InChI=1S/C11H19N2O13P3.4H3N/c1-6-4-13(11(16)12-10(6)15)8-2-7(9(14)3-8)5-24-28(20,21)26-29(22,23)25-27(17,18)19;;;;/h4,7-9,14H,2-3,5H2,1H3,(H,20,21)(H,22,23)(H,12,15,16)(H2,17,18,19);4*1H3/t7-,8-,9+;;;;/m1..../s1. The van der Waals surface area contributed by atoms with Crippen molar-refractivity contribution in [3.63, 3.8) is 0 Å². The van der Waals surface area contributed by atoms with Crippen molar-refractivity contribution >= 4 is 23.5 Å². The van der Waals surface area contributed by atoms with Gasteiger partial charge in [0, 0.05) is 23.7 Å². The SMILES string of the molecule is Cc1cn([C@@H]2C[C@H](COP(=O)(O)OP(=O)(O)OP(=O)(O)O)[C@@H](O)C2)c(=O)[nH]c1=O.N.N.N.N. The number of aromatic nitrogens is 2. The Hall–Kier alpha value is -1.11. The number of hydrogen-bond acceptors (Lipinski definition) is 13. The number of aliphatic hydroxyl groups excluding tert-OH is 1. The molecule has 0 bridgehead atoms. The first kappa shape index (κ1) is 36.5. The molecule has 1 aromatic heterocycles. The van der Waals surface area contributed by atoms with Crippen LogP contribution in [0.25, 0.3) is 0 Å². The summed E-state index contributed by atoms with van der Waals surface area (Å²) >= 11 is 0. The van der Waals surface area contributed by atoms with Gasteiger partial charge in [-0.25, -0.2) is 18.5 Å². The summed E-state index contributed by atoms with van der Waals surface area (Å²) in [6.45, 7) is 0.825. The third-order valence-corrected chi connectivity index (χ3v) is 7.84. The zero-order valence-electron chi connectivity index (χ0n) is 17.6. The van der Waals surface area contributed by atoms with Crippen LogP contribution in [0.15, 0.2) is 15.8 Å². The second-order valence-corrected chi connectivity index (χ2v) is 10.7. The van der Waals surface area contributed by atoms with E-state index in [1.54, 1.807) is 0 Å². The Bertz CT molecular complexity index is 1020. The number of nitrogens with zero attached hydrogens (tertiary/aromatic N) is 1. The first-order valence-electron chi connectivity index (χ1n) is 7.87. The van der Waals surface area contributed by atoms with Crippen LogP contribution in [0.2, 0.25) is 0 Å². The van der Waals surface area contributed by atoms with Crippen LogP contribution < -0.4 is 35.9 Å². The predicted molar refractivity (Wildman–Crippen MR) is 114 cm³/mol. The summed E-state index contributed by atoms with van der Waals surface area (Å²) in [5, 5.41) is 10.1. The Kier molecular flexibility index (Phi) is 14.5. The van der Waals surface area contributed by atoms with Gasteiger partial charge < -0.3 is 49.3 Å². The van der Waals surface area contributed by atoms with Crippen molar-refractivity contribution in [2.75, 3.05) is 6.61 Å². The van der Waals surface area contributed by atoms with Gasteiger partial charge in [0.1, 0.15) is 0 Å². The van der Waals surface area contributed by atoms with Crippen LogP contribution in [0.3, 0.4) is 0 Å². The fraction of sp³-hybridized carbons (Fsp3) is 0.636. The number of phosphoric acid groups is 3. The molecule has 0 aromatic carbocycles. The van der Waals surface area contributed by atoms with Gasteiger partial charge in [-0.05, 0) is 19.8 Å². The van der Waals surface area contributed by atoms with Crippen molar-refractivity contribution < 1.29 is 51.5 Å². The Labute approximate surface area is 186 Å². The van der Waals surface area contributed by atoms with E-state index in [9.17, 15) is 33.3 Å². The highest BCUT2D eigenvalue weighted by molar-refractivity contribution is 7.66. The lowest BCUT2D eigenvalue weighted by Crippen LogP contribution is -2.32. The van der Waals surface area contributed by atoms with Gasteiger partial charge in [0.25, 0.3) is 5.56 Å². The number of H-pyrrole nitrogens is 1. The number of aryl methyl sites for hydroxylation is 1. The van der Waals surface area contributed by atoms with Gasteiger partial charge in [-0.3, -0.25) is 18.9 Å². The molecule has 33 heavy (non-hydrogen) atoms. The summed E-state index contributed by atoms with van der Waals surface area (Å²) in [4.78, 5) is 61.0. The van der Waals surface area contributed by atoms with Gasteiger partial charge in [-0.1, -0.05) is 0 Å². The third kappa shape index (κ3) is 10.8. The summed E-state index contributed by atoms with van der Waals surface area (Å²) in [5.74, 6) is -0.802. The smallest absolute Gasteiger partial charge is 0.393 e. The van der Waals surface area contributed by atoms with E-state index in [2.05, 4.69) is 18.1 Å². The van der Waals surface area contributed by atoms with Crippen molar-refractivity contribution in [1.29, 1.82) is 0 Å². The lowest BCUT2D eigenvalue weighted by Gasteiger charge is -2.19. The van der Waals surface area contributed by atoms with Crippen LogP contribution in [-0.2, 0) is 26.8 Å². The van der Waals surface area contributed by atoms with Crippen LogP contribution >= 0.6 is 23.5 Å². The quantitative estimate of drug-likeness (QED) is 0.193. The summed E-state index contributed by atoms with van der Waals surface area (Å²) < 4.78 is 46.5. The first-order valence-corrected chi connectivity index (χ1v) is 12.4. The first-order chi connectivity index (χ1) is 13.1. The topological polar surface area (TPSA) is 375 Å². The molecule has 5 atom stereocenters. The fourth-order valence-electron chi connectivity index (χ4n) is 2.83. The maximum Gasteiger partial charge on any atom is 0.490 e. The van der Waals surface area contributed by atoms with Crippen molar-refractivity contribution in [3.8, 4) is 0 Å². The van der Waals surface area contributed by atoms with E-state index in [0.717, 1.165) is 0 Å². The van der Waals surface area contributed by atoms with Crippen molar-refractivity contribution in [2.45, 2.75) is 31.9 Å². The van der Waals surface area contributed by atoms with E-state index in [1.165, 1.54) is 17.7 Å². The maximum atomic E-state index is 11.9. The van der Waals surface area contributed by atoms with E-state index in [0.29, 0.717) is 0 Å². The Balaban J connectivity index is -0.00000225. The van der Waals surface area contributed by atoms with Gasteiger partial charge >= 0.3 is 29.2 Å². The summed E-state index contributed by atoms with van der Waals surface area (Å²) in [6, 6.07) is -0.567. The van der Waals surface area contributed by atoms with Crippen LogP contribution in [0.5, 0.6) is 0 Å². The number of nitrogens with one attached hydrogen (secondary N) is 1. The minimum Gasteiger partial charge on any atom is -0.393 e. The Morgan fingerprint density at radius 2 is 1.55 bits per heavy atom. The lowest BCUT2D eigenvalue weighted by molar-refractivity contribution is 0.0834. The second kappa shape index (κ2) is 13.1. The molecule has 0 radical (unpaired) electrons. The normalized spacial score (nSPS) is 23.5. The molecule has 18 N–H and O–H groups in total. The highest BCUT2D eigenvalue weighted by atomic mass is 31.3. The summed E-state index contributed by atoms with van der Waals surface area (Å²) in [7, 11) is -16.4. The highest BCUT2D eigenvalue weighted by Gasteiger charge is 2.42. The largest absolute Gasteiger partial charge is 0.490 e. The number of phosphoric ester groups is 1. The van der Waals surface area contributed by atoms with E-state index >= 15 is 0 Å². The molecule has 1 aromatic rings. The van der Waals surface area contributed by atoms with Gasteiger partial charge in [0.05, 0.1) is 12.7 Å².